The number of piperazine rings is 1. The van der Waals surface area contributed by atoms with Gasteiger partial charge in [-0.05, 0) is 60.4 Å². The molecule has 4 nitrogen and oxygen atoms in total. The molecule has 0 bridgehead atoms. The molecule has 132 valence electrons. The summed E-state index contributed by atoms with van der Waals surface area (Å²) in [4.78, 5) is 7.41. The van der Waals surface area contributed by atoms with Crippen LogP contribution in [0.3, 0.4) is 0 Å². The summed E-state index contributed by atoms with van der Waals surface area (Å²) in [6.45, 7) is 4.38. The van der Waals surface area contributed by atoms with Gasteiger partial charge in [-0.3, -0.25) is 0 Å². The molecule has 1 fully saturated rings. The van der Waals surface area contributed by atoms with Crippen molar-refractivity contribution in [2.45, 2.75) is 32.1 Å². The lowest BCUT2D eigenvalue weighted by Gasteiger charge is -2.29. The molecule has 0 radical (unpaired) electrons. The first-order valence-corrected chi connectivity index (χ1v) is 9.49. The van der Waals surface area contributed by atoms with Gasteiger partial charge >= 0.3 is 0 Å². The van der Waals surface area contributed by atoms with Crippen LogP contribution in [0.2, 0.25) is 0 Å². The Balaban J connectivity index is 1.60. The molecule has 0 saturated carbocycles. The summed E-state index contributed by atoms with van der Waals surface area (Å²) in [5, 5.41) is 12.5. The predicted molar refractivity (Wildman–Crippen MR) is 101 cm³/mol. The third-order valence-electron chi connectivity index (χ3n) is 5.39. The number of aryl methyl sites for hydroxylation is 1. The number of anilines is 1. The van der Waals surface area contributed by atoms with Crippen molar-refractivity contribution in [3.8, 4) is 0 Å². The van der Waals surface area contributed by atoms with E-state index in [9.17, 15) is 0 Å². The molecule has 25 heavy (non-hydrogen) atoms. The molecule has 2 aliphatic rings. The van der Waals surface area contributed by atoms with Crippen molar-refractivity contribution in [1.29, 1.82) is 0 Å². The second-order valence-corrected chi connectivity index (χ2v) is 7.12. The fourth-order valence-corrected chi connectivity index (χ4v) is 4.00. The van der Waals surface area contributed by atoms with E-state index in [2.05, 4.69) is 40.5 Å². The number of nitrogens with one attached hydrogen (secondary N) is 1. The Kier molecular flexibility index (Phi) is 4.99. The first kappa shape index (κ1) is 16.6. The summed E-state index contributed by atoms with van der Waals surface area (Å²) < 4.78 is 0. The molecule has 1 saturated heterocycles. The molecule has 2 N–H and O–H groups in total. The number of aliphatic hydroxyl groups is 1. The third-order valence-corrected chi connectivity index (χ3v) is 5.39. The number of hydrogen-bond acceptors (Lipinski definition) is 4. The number of benzene rings is 1. The Morgan fingerprint density at radius 2 is 1.80 bits per heavy atom. The number of nitrogens with zero attached hydrogens (tertiary/aromatic N) is 2. The van der Waals surface area contributed by atoms with E-state index in [0.717, 1.165) is 51.3 Å². The molecule has 0 unspecified atom stereocenters. The van der Waals surface area contributed by atoms with Crippen molar-refractivity contribution in [3.63, 3.8) is 0 Å². The highest BCUT2D eigenvalue weighted by Crippen LogP contribution is 2.29. The zero-order chi connectivity index (χ0) is 17.1. The fourth-order valence-electron chi connectivity index (χ4n) is 4.00. The van der Waals surface area contributed by atoms with Crippen molar-refractivity contribution in [2.24, 2.45) is 0 Å². The summed E-state index contributed by atoms with van der Waals surface area (Å²) in [5.74, 6) is 1.16. The Morgan fingerprint density at radius 3 is 2.56 bits per heavy atom. The summed E-state index contributed by atoms with van der Waals surface area (Å²) >= 11 is 0. The monoisotopic (exact) mass is 337 g/mol. The summed E-state index contributed by atoms with van der Waals surface area (Å²) in [5.41, 5.74) is 6.80. The highest BCUT2D eigenvalue weighted by atomic mass is 16.2. The minimum absolute atomic E-state index is 0.214. The molecule has 1 aromatic carbocycles. The summed E-state index contributed by atoms with van der Waals surface area (Å²) in [6, 6.07) is 11.0. The minimum Gasteiger partial charge on any atom is -0.396 e. The van der Waals surface area contributed by atoms with Crippen LogP contribution in [0.4, 0.5) is 5.82 Å². The van der Waals surface area contributed by atoms with Crippen LogP contribution in [0.1, 0.15) is 34.4 Å². The van der Waals surface area contributed by atoms with E-state index in [-0.39, 0.29) is 6.61 Å². The van der Waals surface area contributed by atoms with E-state index in [1.54, 1.807) is 0 Å². The highest BCUT2D eigenvalue weighted by Gasteiger charge is 2.21. The van der Waals surface area contributed by atoms with E-state index < -0.39 is 0 Å². The van der Waals surface area contributed by atoms with Gasteiger partial charge in [0.05, 0.1) is 0 Å². The smallest absolute Gasteiger partial charge is 0.129 e. The maximum Gasteiger partial charge on any atom is 0.129 e. The van der Waals surface area contributed by atoms with E-state index in [4.69, 9.17) is 10.1 Å². The summed E-state index contributed by atoms with van der Waals surface area (Å²) in [6.07, 6.45) is 5.23. The van der Waals surface area contributed by atoms with Gasteiger partial charge in [-0.2, -0.15) is 0 Å². The zero-order valence-electron chi connectivity index (χ0n) is 14.8. The van der Waals surface area contributed by atoms with Gasteiger partial charge < -0.3 is 15.3 Å². The molecular weight excluding hydrogens is 310 g/mol. The Hall–Kier alpha value is -1.91. The van der Waals surface area contributed by atoms with Crippen molar-refractivity contribution in [3.05, 3.63) is 58.3 Å². The number of fused-ring (bicyclic) bond motifs is 1. The maximum absolute atomic E-state index is 9.07. The lowest BCUT2D eigenvalue weighted by atomic mass is 9.98. The van der Waals surface area contributed by atoms with Crippen LogP contribution in [0, 0.1) is 0 Å². The van der Waals surface area contributed by atoms with Crippen LogP contribution in [0.15, 0.2) is 30.3 Å². The van der Waals surface area contributed by atoms with Crippen LogP contribution in [-0.2, 0) is 25.7 Å². The lowest BCUT2D eigenvalue weighted by Crippen LogP contribution is -2.44. The number of rotatable bonds is 5. The number of pyridine rings is 1. The molecule has 1 aromatic heterocycles. The molecule has 0 spiro atoms. The minimum atomic E-state index is 0.214. The van der Waals surface area contributed by atoms with Crippen molar-refractivity contribution >= 4 is 5.82 Å². The number of hydrogen-bond donors (Lipinski definition) is 2. The van der Waals surface area contributed by atoms with Crippen LogP contribution in [0.25, 0.3) is 0 Å². The Bertz CT molecular complexity index is 721. The molecule has 1 aliphatic carbocycles. The quantitative estimate of drug-likeness (QED) is 0.877. The van der Waals surface area contributed by atoms with Crippen LogP contribution in [0.5, 0.6) is 0 Å². The topological polar surface area (TPSA) is 48.4 Å². The molecule has 4 rings (SSSR count). The first-order chi connectivity index (χ1) is 12.3. The predicted octanol–water partition coefficient (Wildman–Crippen LogP) is 2.11. The van der Waals surface area contributed by atoms with Gasteiger partial charge in [0.25, 0.3) is 0 Å². The average molecular weight is 337 g/mol. The zero-order valence-corrected chi connectivity index (χ0v) is 14.8. The van der Waals surface area contributed by atoms with Gasteiger partial charge in [-0.1, -0.05) is 24.3 Å². The average Bonchev–Trinajstić information content (AvgIpc) is 3.13. The van der Waals surface area contributed by atoms with E-state index in [1.807, 2.05) is 0 Å². The van der Waals surface area contributed by atoms with Gasteiger partial charge in [0.15, 0.2) is 0 Å². The first-order valence-electron chi connectivity index (χ1n) is 9.49. The van der Waals surface area contributed by atoms with Gasteiger partial charge in [0.1, 0.15) is 5.82 Å². The maximum atomic E-state index is 9.07. The molecule has 2 heterocycles. The van der Waals surface area contributed by atoms with Gasteiger partial charge in [-0.25, -0.2) is 4.98 Å². The molecule has 0 amide bonds. The van der Waals surface area contributed by atoms with Gasteiger partial charge in [-0.15, -0.1) is 0 Å². The fraction of sp³-hybridized carbons (Fsp3) is 0.476. The lowest BCUT2D eigenvalue weighted by molar-refractivity contribution is 0.299. The normalized spacial score (nSPS) is 16.9. The van der Waals surface area contributed by atoms with E-state index >= 15 is 0 Å². The van der Waals surface area contributed by atoms with Crippen molar-refractivity contribution in [2.75, 3.05) is 37.7 Å². The summed E-state index contributed by atoms with van der Waals surface area (Å²) in [7, 11) is 0. The van der Waals surface area contributed by atoms with E-state index in [1.165, 1.54) is 40.8 Å². The third kappa shape index (κ3) is 3.70. The standard InChI is InChI=1S/C21H27N3O/c25-13-8-16-4-6-17(7-5-16)14-18-15-21(24-11-9-22-10-12-24)23-20-3-1-2-19(18)20/h4-7,15,22,25H,1-3,8-14H2. The highest BCUT2D eigenvalue weighted by molar-refractivity contribution is 5.50. The largest absolute Gasteiger partial charge is 0.396 e. The molecule has 1 aliphatic heterocycles. The van der Waals surface area contributed by atoms with Gasteiger partial charge in [0, 0.05) is 38.5 Å². The van der Waals surface area contributed by atoms with Crippen LogP contribution >= 0.6 is 0 Å². The van der Waals surface area contributed by atoms with Crippen molar-refractivity contribution in [1.82, 2.24) is 10.3 Å². The molecule has 0 atom stereocenters. The SMILES string of the molecule is OCCc1ccc(Cc2cc(N3CCNCC3)nc3c2CCC3)cc1. The van der Waals surface area contributed by atoms with Crippen LogP contribution < -0.4 is 10.2 Å². The number of aliphatic hydroxyl groups excluding tert-OH is 1. The second kappa shape index (κ2) is 7.54. The van der Waals surface area contributed by atoms with Gasteiger partial charge in [0.2, 0.25) is 0 Å². The second-order valence-electron chi connectivity index (χ2n) is 7.12. The Labute approximate surface area is 149 Å². The molecular formula is C21H27N3O. The Morgan fingerprint density at radius 1 is 1.04 bits per heavy atom. The van der Waals surface area contributed by atoms with Crippen LogP contribution in [-0.4, -0.2) is 42.9 Å². The van der Waals surface area contributed by atoms with Crippen molar-refractivity contribution < 1.29 is 5.11 Å². The van der Waals surface area contributed by atoms with E-state index in [0.29, 0.717) is 0 Å². The molecule has 2 aromatic rings. The number of aromatic nitrogens is 1. The molecule has 4 heteroatoms.